The lowest BCUT2D eigenvalue weighted by Crippen LogP contribution is -2.47. The van der Waals surface area contributed by atoms with Crippen LogP contribution in [0, 0.1) is 0 Å². The van der Waals surface area contributed by atoms with E-state index < -0.39 is 0 Å². The number of anilines is 2. The van der Waals surface area contributed by atoms with Gasteiger partial charge in [0, 0.05) is 71.7 Å². The van der Waals surface area contributed by atoms with Gasteiger partial charge in [-0.15, -0.1) is 23.7 Å². The molecule has 0 radical (unpaired) electrons. The van der Waals surface area contributed by atoms with Crippen molar-refractivity contribution in [2.75, 3.05) is 43.4 Å². The molecule has 30 heavy (non-hydrogen) atoms. The Morgan fingerprint density at radius 3 is 2.73 bits per heavy atom. The summed E-state index contributed by atoms with van der Waals surface area (Å²) < 4.78 is 1.29. The van der Waals surface area contributed by atoms with Crippen molar-refractivity contribution in [2.24, 2.45) is 0 Å². The molecule has 0 amide bonds. The summed E-state index contributed by atoms with van der Waals surface area (Å²) >= 11 is 1.76. The van der Waals surface area contributed by atoms with Gasteiger partial charge >= 0.3 is 0 Å². The average molecular weight is 442 g/mol. The van der Waals surface area contributed by atoms with Crippen molar-refractivity contribution in [3.8, 4) is 0 Å². The summed E-state index contributed by atoms with van der Waals surface area (Å²) in [4.78, 5) is 24.4. The molecule has 4 aromatic rings. The number of piperazine rings is 1. The second-order valence-corrected chi connectivity index (χ2v) is 8.46. The molecule has 1 saturated heterocycles. The molecule has 0 atom stereocenters. The third-order valence-corrected chi connectivity index (χ3v) is 6.56. The van der Waals surface area contributed by atoms with E-state index in [-0.39, 0.29) is 18.0 Å². The van der Waals surface area contributed by atoms with Crippen LogP contribution >= 0.6 is 23.7 Å². The van der Waals surface area contributed by atoms with Crippen LogP contribution in [0.15, 0.2) is 52.8 Å². The third-order valence-electron chi connectivity index (χ3n) is 5.68. The quantitative estimate of drug-likeness (QED) is 0.474. The minimum atomic E-state index is -0.0583. The van der Waals surface area contributed by atoms with E-state index in [1.54, 1.807) is 17.4 Å². The molecule has 0 spiro atoms. The van der Waals surface area contributed by atoms with Gasteiger partial charge in [-0.3, -0.25) is 9.69 Å². The predicted octanol–water partition coefficient (Wildman–Crippen LogP) is 3.51. The highest BCUT2D eigenvalue weighted by atomic mass is 35.5. The minimum absolute atomic E-state index is 0. The number of nitrogens with zero attached hydrogens (tertiary/aromatic N) is 3. The number of hydrogen-bond acceptors (Lipinski definition) is 6. The van der Waals surface area contributed by atoms with Crippen LogP contribution in [-0.4, -0.2) is 47.6 Å². The number of fused-ring (bicyclic) bond motifs is 2. The molecule has 8 heteroatoms. The standard InChI is InChI=1S/C22H23N5OS.ClH/c23-16-1-2-19-18(14-16)15(13-21(28)25-19)4-7-26-8-10-27(11-9-26)22-17-5-12-29-20(17)3-6-24-22;/h1-3,5-6,12-14H,4,7-11,23H2,(H,25,28);1H. The summed E-state index contributed by atoms with van der Waals surface area (Å²) in [6.45, 7) is 4.84. The summed E-state index contributed by atoms with van der Waals surface area (Å²) in [5.41, 5.74) is 8.52. The highest BCUT2D eigenvalue weighted by Crippen LogP contribution is 2.29. The molecule has 1 aliphatic heterocycles. The maximum Gasteiger partial charge on any atom is 0.248 e. The van der Waals surface area contributed by atoms with E-state index in [9.17, 15) is 4.79 Å². The van der Waals surface area contributed by atoms with Crippen LogP contribution in [0.1, 0.15) is 5.56 Å². The Labute approximate surface area is 184 Å². The zero-order valence-electron chi connectivity index (χ0n) is 16.5. The lowest BCUT2D eigenvalue weighted by atomic mass is 10.1. The normalized spacial score (nSPS) is 14.9. The highest BCUT2D eigenvalue weighted by Gasteiger charge is 2.20. The lowest BCUT2D eigenvalue weighted by molar-refractivity contribution is 0.261. The first-order valence-corrected chi connectivity index (χ1v) is 10.8. The summed E-state index contributed by atoms with van der Waals surface area (Å²) in [5.74, 6) is 1.10. The molecule has 156 valence electrons. The Hall–Kier alpha value is -2.61. The Balaban J connectivity index is 0.00000218. The van der Waals surface area contributed by atoms with Crippen LogP contribution in [0.25, 0.3) is 21.0 Å². The smallest absolute Gasteiger partial charge is 0.248 e. The number of aromatic nitrogens is 2. The molecule has 1 fully saturated rings. The number of H-pyrrole nitrogens is 1. The summed E-state index contributed by atoms with van der Waals surface area (Å²) in [6.07, 6.45) is 2.74. The minimum Gasteiger partial charge on any atom is -0.399 e. The zero-order valence-corrected chi connectivity index (χ0v) is 18.1. The van der Waals surface area contributed by atoms with Gasteiger partial charge < -0.3 is 15.6 Å². The number of nitrogen functional groups attached to an aromatic ring is 1. The number of pyridine rings is 2. The van der Waals surface area contributed by atoms with Crippen molar-refractivity contribution in [2.45, 2.75) is 6.42 Å². The maximum atomic E-state index is 12.0. The fourth-order valence-electron chi connectivity index (χ4n) is 4.14. The number of aromatic amines is 1. The van der Waals surface area contributed by atoms with Gasteiger partial charge in [-0.1, -0.05) is 0 Å². The highest BCUT2D eigenvalue weighted by molar-refractivity contribution is 7.17. The van der Waals surface area contributed by atoms with Crippen molar-refractivity contribution >= 4 is 56.2 Å². The molecular formula is C22H24ClN5OS. The van der Waals surface area contributed by atoms with Crippen LogP contribution < -0.4 is 16.2 Å². The van der Waals surface area contributed by atoms with Gasteiger partial charge in [0.2, 0.25) is 5.56 Å². The fourth-order valence-corrected chi connectivity index (χ4v) is 4.92. The summed E-state index contributed by atoms with van der Waals surface area (Å²) in [7, 11) is 0. The monoisotopic (exact) mass is 441 g/mol. The molecular weight excluding hydrogens is 418 g/mol. The predicted molar refractivity (Wildman–Crippen MR) is 128 cm³/mol. The van der Waals surface area contributed by atoms with Crippen LogP contribution in [0.2, 0.25) is 0 Å². The van der Waals surface area contributed by atoms with Crippen LogP contribution in [0.3, 0.4) is 0 Å². The molecule has 0 aliphatic carbocycles. The SMILES string of the molecule is Cl.Nc1ccc2[nH]c(=O)cc(CCN3CCN(c4nccc5sccc45)CC3)c2c1. The molecule has 3 aromatic heterocycles. The molecule has 0 unspecified atom stereocenters. The van der Waals surface area contributed by atoms with E-state index in [0.29, 0.717) is 0 Å². The van der Waals surface area contributed by atoms with E-state index >= 15 is 0 Å². The molecule has 6 nitrogen and oxygen atoms in total. The van der Waals surface area contributed by atoms with Crippen molar-refractivity contribution in [3.63, 3.8) is 0 Å². The van der Waals surface area contributed by atoms with Crippen molar-refractivity contribution in [1.82, 2.24) is 14.9 Å². The van der Waals surface area contributed by atoms with E-state index in [0.717, 1.165) is 67.1 Å². The first-order valence-electron chi connectivity index (χ1n) is 9.88. The second kappa shape index (κ2) is 8.63. The maximum absolute atomic E-state index is 12.0. The molecule has 5 rings (SSSR count). The number of thiophene rings is 1. The number of halogens is 1. The van der Waals surface area contributed by atoms with Gasteiger partial charge in [-0.25, -0.2) is 4.98 Å². The first-order chi connectivity index (χ1) is 14.2. The van der Waals surface area contributed by atoms with E-state index in [1.807, 2.05) is 24.4 Å². The molecule has 1 aromatic carbocycles. The van der Waals surface area contributed by atoms with E-state index in [2.05, 4.69) is 37.3 Å². The molecule has 4 heterocycles. The van der Waals surface area contributed by atoms with Gasteiger partial charge in [-0.05, 0) is 47.7 Å². The topological polar surface area (TPSA) is 78.2 Å². The van der Waals surface area contributed by atoms with Gasteiger partial charge in [-0.2, -0.15) is 0 Å². The number of benzene rings is 1. The van der Waals surface area contributed by atoms with E-state index in [4.69, 9.17) is 5.73 Å². The largest absolute Gasteiger partial charge is 0.399 e. The second-order valence-electron chi connectivity index (χ2n) is 7.51. The Bertz CT molecular complexity index is 1230. The molecule has 3 N–H and O–H groups in total. The number of nitrogens with two attached hydrogens (primary N) is 1. The first kappa shape index (κ1) is 20.7. The molecule has 1 aliphatic rings. The van der Waals surface area contributed by atoms with E-state index in [1.165, 1.54) is 10.1 Å². The summed E-state index contributed by atoms with van der Waals surface area (Å²) in [5, 5.41) is 4.42. The molecule has 0 saturated carbocycles. The van der Waals surface area contributed by atoms with Gasteiger partial charge in [0.15, 0.2) is 0 Å². The molecule has 0 bridgehead atoms. The van der Waals surface area contributed by atoms with Crippen molar-refractivity contribution in [3.05, 3.63) is 63.9 Å². The van der Waals surface area contributed by atoms with Gasteiger partial charge in [0.1, 0.15) is 5.82 Å². The Morgan fingerprint density at radius 2 is 1.90 bits per heavy atom. The summed E-state index contributed by atoms with van der Waals surface area (Å²) in [6, 6.07) is 11.6. The number of rotatable bonds is 4. The zero-order chi connectivity index (χ0) is 19.8. The average Bonchev–Trinajstić information content (AvgIpc) is 3.22. The fraction of sp³-hybridized carbons (Fsp3) is 0.273. The van der Waals surface area contributed by atoms with Crippen molar-refractivity contribution < 1.29 is 0 Å². The van der Waals surface area contributed by atoms with Crippen LogP contribution in [-0.2, 0) is 6.42 Å². The van der Waals surface area contributed by atoms with Gasteiger partial charge in [0.05, 0.1) is 0 Å². The lowest BCUT2D eigenvalue weighted by Gasteiger charge is -2.35. The Morgan fingerprint density at radius 1 is 1.07 bits per heavy atom. The number of hydrogen-bond donors (Lipinski definition) is 2. The Kier molecular flexibility index (Phi) is 5.94. The number of nitrogens with one attached hydrogen (secondary N) is 1. The third kappa shape index (κ3) is 4.01. The van der Waals surface area contributed by atoms with Crippen LogP contribution in [0.4, 0.5) is 11.5 Å². The van der Waals surface area contributed by atoms with Crippen molar-refractivity contribution in [1.29, 1.82) is 0 Å². The van der Waals surface area contributed by atoms with Gasteiger partial charge in [0.25, 0.3) is 0 Å². The van der Waals surface area contributed by atoms with Crippen LogP contribution in [0.5, 0.6) is 0 Å².